The molecular weight excluding hydrogens is 260 g/mol. The molecule has 1 unspecified atom stereocenters. The summed E-state index contributed by atoms with van der Waals surface area (Å²) in [6, 6.07) is 5.56. The summed E-state index contributed by atoms with van der Waals surface area (Å²) < 4.78 is 0. The molecule has 3 rings (SSSR count). The number of phenols is 1. The van der Waals surface area contributed by atoms with Crippen LogP contribution in [-0.2, 0) is 4.79 Å². The first-order valence-corrected chi connectivity index (χ1v) is 6.06. The van der Waals surface area contributed by atoms with Crippen LogP contribution in [0.5, 0.6) is 5.75 Å². The molecule has 1 saturated heterocycles. The Balaban J connectivity index is 2.07. The van der Waals surface area contributed by atoms with Gasteiger partial charge in [-0.25, -0.2) is 9.79 Å². The fraction of sp³-hybridized carbons (Fsp3) is 0.231. The topological polar surface area (TPSA) is 87.2 Å². The number of amidine groups is 2. The Hall–Kier alpha value is -2.70. The summed E-state index contributed by atoms with van der Waals surface area (Å²) in [5, 5.41) is 9.83. The van der Waals surface area contributed by atoms with Crippen molar-refractivity contribution in [3.8, 4) is 5.75 Å². The molecule has 2 N–H and O–H groups in total. The van der Waals surface area contributed by atoms with Crippen LogP contribution >= 0.6 is 0 Å². The SMILES string of the molecule is CN1C(=O)C2[NH+]=C(c3ccccc3O)N=C2N(C)C1=O. The van der Waals surface area contributed by atoms with Gasteiger partial charge in [-0.3, -0.25) is 14.6 Å². The van der Waals surface area contributed by atoms with Crippen molar-refractivity contribution >= 4 is 23.6 Å². The number of aromatic hydroxyl groups is 1. The average molecular weight is 273 g/mol. The van der Waals surface area contributed by atoms with E-state index in [0.29, 0.717) is 17.2 Å². The average Bonchev–Trinajstić information content (AvgIpc) is 2.88. The number of amides is 3. The smallest absolute Gasteiger partial charge is 0.333 e. The molecule has 1 atom stereocenters. The second-order valence-corrected chi connectivity index (χ2v) is 4.65. The third-order valence-corrected chi connectivity index (χ3v) is 3.42. The van der Waals surface area contributed by atoms with Gasteiger partial charge in [-0.05, 0) is 17.1 Å². The molecule has 2 aliphatic heterocycles. The van der Waals surface area contributed by atoms with Gasteiger partial charge in [0.05, 0.1) is 0 Å². The van der Waals surface area contributed by atoms with E-state index in [-0.39, 0.29) is 11.7 Å². The number of benzene rings is 1. The van der Waals surface area contributed by atoms with Crippen molar-refractivity contribution in [3.63, 3.8) is 0 Å². The predicted molar refractivity (Wildman–Crippen MR) is 70.3 cm³/mol. The quantitative estimate of drug-likeness (QED) is 0.654. The summed E-state index contributed by atoms with van der Waals surface area (Å²) in [7, 11) is 2.99. The summed E-state index contributed by atoms with van der Waals surface area (Å²) in [5.41, 5.74) is 0.491. The van der Waals surface area contributed by atoms with Gasteiger partial charge in [0.2, 0.25) is 0 Å². The number of hydrogen-bond donors (Lipinski definition) is 2. The van der Waals surface area contributed by atoms with E-state index in [9.17, 15) is 14.7 Å². The Kier molecular flexibility index (Phi) is 2.56. The van der Waals surface area contributed by atoms with Crippen LogP contribution in [0, 0.1) is 0 Å². The first-order valence-electron chi connectivity index (χ1n) is 6.06. The van der Waals surface area contributed by atoms with Gasteiger partial charge in [0.25, 0.3) is 17.8 Å². The number of fused-ring (bicyclic) bond motifs is 1. The summed E-state index contributed by atoms with van der Waals surface area (Å²) in [6.07, 6.45) is 0. The van der Waals surface area contributed by atoms with Crippen LogP contribution in [0.25, 0.3) is 0 Å². The Morgan fingerprint density at radius 2 is 1.90 bits per heavy atom. The minimum Gasteiger partial charge on any atom is -0.507 e. The lowest BCUT2D eigenvalue weighted by Gasteiger charge is -2.28. The van der Waals surface area contributed by atoms with E-state index in [2.05, 4.69) is 9.98 Å². The fourth-order valence-electron chi connectivity index (χ4n) is 2.28. The molecular formula is C13H13N4O3+. The molecule has 1 aromatic rings. The van der Waals surface area contributed by atoms with Gasteiger partial charge in [-0.1, -0.05) is 12.1 Å². The standard InChI is InChI=1S/C13H12N4O3/c1-16-11-9(12(19)17(2)13(16)20)14-10(15-11)7-5-3-4-6-8(7)18/h3-6,9,18H,1-2H3/p+1. The van der Waals surface area contributed by atoms with Gasteiger partial charge in [-0.15, -0.1) is 0 Å². The van der Waals surface area contributed by atoms with E-state index in [1.165, 1.54) is 18.0 Å². The van der Waals surface area contributed by atoms with Gasteiger partial charge in [0.15, 0.2) is 0 Å². The lowest BCUT2D eigenvalue weighted by molar-refractivity contribution is -0.466. The van der Waals surface area contributed by atoms with Crippen LogP contribution in [0.1, 0.15) is 5.56 Å². The van der Waals surface area contributed by atoms with Crippen LogP contribution in [0.2, 0.25) is 0 Å². The van der Waals surface area contributed by atoms with Crippen molar-refractivity contribution in [2.45, 2.75) is 6.04 Å². The molecule has 0 saturated carbocycles. The number of para-hydroxylation sites is 1. The number of carbonyl (C=O) groups is 2. The minimum atomic E-state index is -0.697. The number of rotatable bonds is 1. The molecule has 1 fully saturated rings. The van der Waals surface area contributed by atoms with E-state index < -0.39 is 12.1 Å². The van der Waals surface area contributed by atoms with Crippen molar-refractivity contribution < 1.29 is 19.7 Å². The number of hydrogen-bond acceptors (Lipinski definition) is 4. The van der Waals surface area contributed by atoms with E-state index in [1.54, 1.807) is 25.2 Å². The lowest BCUT2D eigenvalue weighted by Crippen LogP contribution is -2.85. The fourth-order valence-corrected chi connectivity index (χ4v) is 2.28. The maximum Gasteiger partial charge on any atom is 0.333 e. The molecule has 0 spiro atoms. The maximum absolute atomic E-state index is 12.1. The van der Waals surface area contributed by atoms with Crippen molar-refractivity contribution in [2.75, 3.05) is 14.1 Å². The number of imide groups is 1. The third kappa shape index (κ3) is 1.59. The summed E-state index contributed by atoms with van der Waals surface area (Å²) in [4.78, 5) is 33.5. The van der Waals surface area contributed by atoms with Crippen LogP contribution in [0.4, 0.5) is 4.79 Å². The highest BCUT2D eigenvalue weighted by Gasteiger charge is 2.49. The van der Waals surface area contributed by atoms with E-state index >= 15 is 0 Å². The Bertz CT molecular complexity index is 680. The molecule has 1 aromatic carbocycles. The third-order valence-electron chi connectivity index (χ3n) is 3.42. The van der Waals surface area contributed by atoms with Gasteiger partial charge in [0.1, 0.15) is 11.3 Å². The summed E-state index contributed by atoms with van der Waals surface area (Å²) in [6.45, 7) is 0. The molecule has 102 valence electrons. The normalized spacial score (nSPS) is 21.8. The first kappa shape index (κ1) is 12.3. The number of urea groups is 1. The van der Waals surface area contributed by atoms with Gasteiger partial charge >= 0.3 is 11.9 Å². The van der Waals surface area contributed by atoms with Crippen molar-refractivity contribution in [1.82, 2.24) is 9.80 Å². The number of aliphatic imine (C=N–C) groups is 1. The van der Waals surface area contributed by atoms with Crippen molar-refractivity contribution in [2.24, 2.45) is 4.99 Å². The number of nitrogens with zero attached hydrogens (tertiary/aromatic N) is 3. The predicted octanol–water partition coefficient (Wildman–Crippen LogP) is -1.48. The Labute approximate surface area is 114 Å². The van der Waals surface area contributed by atoms with Crippen molar-refractivity contribution in [1.29, 1.82) is 0 Å². The zero-order chi connectivity index (χ0) is 14.4. The second-order valence-electron chi connectivity index (χ2n) is 4.65. The largest absolute Gasteiger partial charge is 0.507 e. The Morgan fingerprint density at radius 3 is 2.60 bits per heavy atom. The zero-order valence-electron chi connectivity index (χ0n) is 11.0. The van der Waals surface area contributed by atoms with Crippen LogP contribution in [0.15, 0.2) is 29.3 Å². The van der Waals surface area contributed by atoms with Gasteiger partial charge in [0, 0.05) is 14.1 Å². The molecule has 0 aliphatic carbocycles. The molecule has 7 nitrogen and oxygen atoms in total. The molecule has 7 heteroatoms. The van der Waals surface area contributed by atoms with Gasteiger partial charge in [-0.2, -0.15) is 0 Å². The number of phenolic OH excluding ortho intramolecular Hbond substituents is 1. The molecule has 0 aromatic heterocycles. The minimum absolute atomic E-state index is 0.0628. The molecule has 20 heavy (non-hydrogen) atoms. The highest BCUT2D eigenvalue weighted by atomic mass is 16.3. The lowest BCUT2D eigenvalue weighted by atomic mass is 10.2. The summed E-state index contributed by atoms with van der Waals surface area (Å²) in [5.74, 6) is 0.424. The van der Waals surface area contributed by atoms with Crippen LogP contribution < -0.4 is 4.99 Å². The first-order chi connectivity index (χ1) is 9.50. The number of likely N-dealkylation sites (N-methyl/N-ethyl adjacent to an activating group) is 2. The molecule has 2 heterocycles. The monoisotopic (exact) mass is 273 g/mol. The molecule has 3 amide bonds. The molecule has 0 bridgehead atoms. The van der Waals surface area contributed by atoms with Crippen LogP contribution in [0.3, 0.4) is 0 Å². The van der Waals surface area contributed by atoms with E-state index in [1.807, 2.05) is 0 Å². The zero-order valence-corrected chi connectivity index (χ0v) is 11.0. The summed E-state index contributed by atoms with van der Waals surface area (Å²) >= 11 is 0. The highest BCUT2D eigenvalue weighted by Crippen LogP contribution is 2.18. The van der Waals surface area contributed by atoms with E-state index in [0.717, 1.165) is 4.90 Å². The number of carbonyl (C=O) groups excluding carboxylic acids is 2. The van der Waals surface area contributed by atoms with Crippen LogP contribution in [-0.4, -0.2) is 58.7 Å². The highest BCUT2D eigenvalue weighted by molar-refractivity contribution is 6.24. The van der Waals surface area contributed by atoms with Crippen molar-refractivity contribution in [3.05, 3.63) is 29.8 Å². The molecule has 2 aliphatic rings. The van der Waals surface area contributed by atoms with E-state index in [4.69, 9.17) is 0 Å². The number of nitrogens with one attached hydrogen (secondary N) is 1. The van der Waals surface area contributed by atoms with Gasteiger partial charge < -0.3 is 5.11 Å². The second kappa shape index (κ2) is 4.16. The Morgan fingerprint density at radius 1 is 1.20 bits per heavy atom. The maximum atomic E-state index is 12.1. The molecule has 0 radical (unpaired) electrons.